The molecule has 1 aliphatic carbocycles. The summed E-state index contributed by atoms with van der Waals surface area (Å²) in [5, 5.41) is 3.13. The zero-order valence-electron chi connectivity index (χ0n) is 16.5. The van der Waals surface area contributed by atoms with E-state index < -0.39 is 0 Å². The van der Waals surface area contributed by atoms with E-state index in [0.717, 1.165) is 35.2 Å². The molecule has 1 aliphatic rings. The van der Waals surface area contributed by atoms with Crippen LogP contribution in [0.25, 0.3) is 11.1 Å². The van der Waals surface area contributed by atoms with Crippen LogP contribution in [0.2, 0.25) is 0 Å². The maximum absolute atomic E-state index is 13.2. The van der Waals surface area contributed by atoms with Crippen LogP contribution in [0.4, 0.5) is 10.1 Å². The summed E-state index contributed by atoms with van der Waals surface area (Å²) in [6.45, 7) is 2.59. The number of benzene rings is 3. The van der Waals surface area contributed by atoms with Gasteiger partial charge in [0.1, 0.15) is 5.82 Å². The Morgan fingerprint density at radius 1 is 1.00 bits per heavy atom. The summed E-state index contributed by atoms with van der Waals surface area (Å²) in [5.74, 6) is -0.266. The third kappa shape index (κ3) is 4.72. The number of nitrogens with one attached hydrogen (secondary N) is 1. The third-order valence-electron chi connectivity index (χ3n) is 5.44. The van der Waals surface area contributed by atoms with Crippen LogP contribution in [0.3, 0.4) is 0 Å². The number of hydrogen-bond donors (Lipinski definition) is 1. The highest BCUT2D eigenvalue weighted by atomic mass is 19.1. The van der Waals surface area contributed by atoms with Crippen molar-refractivity contribution in [2.24, 2.45) is 0 Å². The molecular formula is C25H25FN2O. The Balaban J connectivity index is 1.51. The minimum atomic E-state index is -0.281. The van der Waals surface area contributed by atoms with Gasteiger partial charge >= 0.3 is 0 Å². The molecule has 0 spiro atoms. The summed E-state index contributed by atoms with van der Waals surface area (Å²) in [5.41, 5.74) is 3.90. The lowest BCUT2D eigenvalue weighted by atomic mass is 10.0. The summed E-state index contributed by atoms with van der Waals surface area (Å²) in [6.07, 6.45) is 2.19. The van der Waals surface area contributed by atoms with Gasteiger partial charge in [-0.25, -0.2) is 4.39 Å². The van der Waals surface area contributed by atoms with Crippen LogP contribution in [0.5, 0.6) is 0 Å². The molecule has 0 bridgehead atoms. The molecule has 3 aromatic rings. The SMILES string of the molecule is C[C@@H](C(=O)Nc1ccccc1-c1ccccc1)N(Cc1ccc(F)cc1)C1CC1. The van der Waals surface area contributed by atoms with Gasteiger partial charge in [-0.1, -0.05) is 60.7 Å². The van der Waals surface area contributed by atoms with Crippen LogP contribution in [-0.2, 0) is 11.3 Å². The zero-order valence-corrected chi connectivity index (χ0v) is 16.5. The van der Waals surface area contributed by atoms with Crippen LogP contribution < -0.4 is 5.32 Å². The van der Waals surface area contributed by atoms with Crippen molar-refractivity contribution < 1.29 is 9.18 Å². The molecule has 1 amide bonds. The Kier molecular flexibility index (Phi) is 5.72. The second-order valence-corrected chi connectivity index (χ2v) is 7.61. The highest BCUT2D eigenvalue weighted by Crippen LogP contribution is 2.32. The number of carbonyl (C=O) groups is 1. The van der Waals surface area contributed by atoms with Gasteiger partial charge in [-0.3, -0.25) is 9.69 Å². The normalized spacial score (nSPS) is 14.6. The van der Waals surface area contributed by atoms with Crippen LogP contribution in [-0.4, -0.2) is 22.9 Å². The fourth-order valence-corrected chi connectivity index (χ4v) is 3.64. The maximum Gasteiger partial charge on any atom is 0.241 e. The fraction of sp³-hybridized carbons (Fsp3) is 0.240. The van der Waals surface area contributed by atoms with Crippen molar-refractivity contribution >= 4 is 11.6 Å². The summed E-state index contributed by atoms with van der Waals surface area (Å²) in [4.78, 5) is 15.3. The van der Waals surface area contributed by atoms with Gasteiger partial charge in [-0.15, -0.1) is 0 Å². The Morgan fingerprint density at radius 3 is 2.34 bits per heavy atom. The molecule has 29 heavy (non-hydrogen) atoms. The zero-order chi connectivity index (χ0) is 20.2. The number of rotatable bonds is 7. The number of nitrogens with zero attached hydrogens (tertiary/aromatic N) is 1. The largest absolute Gasteiger partial charge is 0.324 e. The van der Waals surface area contributed by atoms with E-state index in [1.807, 2.05) is 61.5 Å². The predicted molar refractivity (Wildman–Crippen MR) is 115 cm³/mol. The molecule has 1 atom stereocenters. The van der Waals surface area contributed by atoms with Crippen molar-refractivity contribution in [2.45, 2.75) is 38.4 Å². The lowest BCUT2D eigenvalue weighted by Crippen LogP contribution is -2.43. The van der Waals surface area contributed by atoms with E-state index in [9.17, 15) is 9.18 Å². The first-order valence-electron chi connectivity index (χ1n) is 10.1. The molecule has 3 nitrogen and oxygen atoms in total. The van der Waals surface area contributed by atoms with Gasteiger partial charge in [0.05, 0.1) is 6.04 Å². The molecule has 4 heteroatoms. The van der Waals surface area contributed by atoms with Gasteiger partial charge in [0.2, 0.25) is 5.91 Å². The first-order chi connectivity index (χ1) is 14.1. The van der Waals surface area contributed by atoms with Crippen molar-refractivity contribution in [3.05, 3.63) is 90.2 Å². The average molecular weight is 388 g/mol. The summed E-state index contributed by atoms with van der Waals surface area (Å²) in [7, 11) is 0. The third-order valence-corrected chi connectivity index (χ3v) is 5.44. The Morgan fingerprint density at radius 2 is 1.66 bits per heavy atom. The topological polar surface area (TPSA) is 32.3 Å². The van der Waals surface area contributed by atoms with Gasteiger partial charge < -0.3 is 5.32 Å². The van der Waals surface area contributed by atoms with Gasteiger partial charge in [-0.05, 0) is 49.1 Å². The fourth-order valence-electron chi connectivity index (χ4n) is 3.64. The summed E-state index contributed by atoms with van der Waals surface area (Å²) in [6, 6.07) is 24.6. The molecule has 0 unspecified atom stereocenters. The number of carbonyl (C=O) groups excluding carboxylic acids is 1. The molecule has 1 fully saturated rings. The second kappa shape index (κ2) is 8.58. The van der Waals surface area contributed by atoms with Crippen molar-refractivity contribution in [1.29, 1.82) is 0 Å². The average Bonchev–Trinajstić information content (AvgIpc) is 3.59. The number of halogens is 1. The van der Waals surface area contributed by atoms with Gasteiger partial charge in [0.15, 0.2) is 0 Å². The van der Waals surface area contributed by atoms with Crippen molar-refractivity contribution in [1.82, 2.24) is 4.90 Å². The summed E-state index contributed by atoms with van der Waals surface area (Å²) < 4.78 is 13.2. The number of anilines is 1. The molecule has 1 N–H and O–H groups in total. The lowest BCUT2D eigenvalue weighted by molar-refractivity contribution is -0.121. The highest BCUT2D eigenvalue weighted by Gasteiger charge is 2.35. The molecule has 4 rings (SSSR count). The van der Waals surface area contributed by atoms with Crippen molar-refractivity contribution in [3.63, 3.8) is 0 Å². The first kappa shape index (κ1) is 19.3. The number of hydrogen-bond acceptors (Lipinski definition) is 2. The van der Waals surface area contributed by atoms with Crippen LogP contribution in [0, 0.1) is 5.82 Å². The maximum atomic E-state index is 13.2. The first-order valence-corrected chi connectivity index (χ1v) is 10.1. The quantitative estimate of drug-likeness (QED) is 0.581. The molecule has 1 saturated carbocycles. The van der Waals surface area contributed by atoms with Gasteiger partial charge in [-0.2, -0.15) is 0 Å². The molecule has 0 saturated heterocycles. The molecule has 0 heterocycles. The Hall–Kier alpha value is -2.98. The molecule has 0 aromatic heterocycles. The van der Waals surface area contributed by atoms with E-state index in [4.69, 9.17) is 0 Å². The molecular weight excluding hydrogens is 363 g/mol. The highest BCUT2D eigenvalue weighted by molar-refractivity contribution is 5.98. The van der Waals surface area contributed by atoms with Crippen molar-refractivity contribution in [3.8, 4) is 11.1 Å². The van der Waals surface area contributed by atoms with Crippen LogP contribution in [0.15, 0.2) is 78.9 Å². The smallest absolute Gasteiger partial charge is 0.241 e. The van der Waals surface area contributed by atoms with E-state index in [0.29, 0.717) is 12.6 Å². The van der Waals surface area contributed by atoms with E-state index in [2.05, 4.69) is 10.2 Å². The minimum Gasteiger partial charge on any atom is -0.324 e. The van der Waals surface area contributed by atoms with Gasteiger partial charge in [0.25, 0.3) is 0 Å². The summed E-state index contributed by atoms with van der Waals surface area (Å²) >= 11 is 0. The Bertz CT molecular complexity index is 968. The standard InChI is InChI=1S/C25H25FN2O/c1-18(28(22-15-16-22)17-19-11-13-21(26)14-12-19)25(29)27-24-10-6-5-9-23(24)20-7-3-2-4-8-20/h2-14,18,22H,15-17H2,1H3,(H,27,29)/t18-/m0/s1. The predicted octanol–water partition coefficient (Wildman–Crippen LogP) is 5.48. The second-order valence-electron chi connectivity index (χ2n) is 7.61. The molecule has 3 aromatic carbocycles. The number of amides is 1. The number of para-hydroxylation sites is 1. The van der Waals surface area contributed by atoms with Crippen LogP contribution in [0.1, 0.15) is 25.3 Å². The molecule has 148 valence electrons. The van der Waals surface area contributed by atoms with Crippen LogP contribution >= 0.6 is 0 Å². The lowest BCUT2D eigenvalue weighted by Gasteiger charge is -2.28. The molecule has 0 aliphatic heterocycles. The monoisotopic (exact) mass is 388 g/mol. The van der Waals surface area contributed by atoms with E-state index in [1.165, 1.54) is 12.1 Å². The Labute approximate surface area is 171 Å². The van der Waals surface area contributed by atoms with Crippen molar-refractivity contribution in [2.75, 3.05) is 5.32 Å². The van der Waals surface area contributed by atoms with E-state index >= 15 is 0 Å². The minimum absolute atomic E-state index is 0.0256. The van der Waals surface area contributed by atoms with E-state index in [1.54, 1.807) is 12.1 Å². The molecule has 0 radical (unpaired) electrons. The van der Waals surface area contributed by atoms with E-state index in [-0.39, 0.29) is 17.8 Å². The van der Waals surface area contributed by atoms with Gasteiger partial charge in [0, 0.05) is 23.8 Å².